The number of piperidine rings is 1. The van der Waals surface area contributed by atoms with E-state index in [4.69, 9.17) is 14.2 Å². The molecular weight excluding hydrogens is 699 g/mol. The molecule has 3 amide bonds. The van der Waals surface area contributed by atoms with Gasteiger partial charge in [-0.05, 0) is 67.8 Å². The quantitative estimate of drug-likeness (QED) is 0.171. The van der Waals surface area contributed by atoms with E-state index in [1.807, 2.05) is 31.7 Å². The largest absolute Gasteiger partial charge is 0.506 e. The van der Waals surface area contributed by atoms with Gasteiger partial charge in [0.05, 0.1) is 31.8 Å². The van der Waals surface area contributed by atoms with E-state index >= 15 is 0 Å². The molecule has 2 aromatic rings. The van der Waals surface area contributed by atoms with Crippen molar-refractivity contribution in [1.29, 1.82) is 0 Å². The molecule has 3 fully saturated rings. The molecule has 1 spiro atoms. The molecule has 0 aromatic heterocycles. The second kappa shape index (κ2) is 19.0. The fourth-order valence-corrected chi connectivity index (χ4v) is 8.51. The third kappa shape index (κ3) is 11.2. The van der Waals surface area contributed by atoms with Crippen LogP contribution < -0.4 is 15.4 Å². The summed E-state index contributed by atoms with van der Waals surface area (Å²) in [5.41, 5.74) is 3.18. The van der Waals surface area contributed by atoms with Crippen molar-refractivity contribution in [3.05, 3.63) is 53.1 Å². The Kier molecular flexibility index (Phi) is 14.1. The van der Waals surface area contributed by atoms with Crippen LogP contribution in [-0.4, -0.2) is 121 Å². The highest BCUT2D eigenvalue weighted by molar-refractivity contribution is 5.97. The molecule has 0 bridgehead atoms. The first-order valence-electron chi connectivity index (χ1n) is 20.6. The van der Waals surface area contributed by atoms with Crippen LogP contribution in [0.5, 0.6) is 11.5 Å². The average Bonchev–Trinajstić information content (AvgIpc) is 3.18. The summed E-state index contributed by atoms with van der Waals surface area (Å²) in [6, 6.07) is 12.4. The normalized spacial score (nSPS) is 19.1. The summed E-state index contributed by atoms with van der Waals surface area (Å²) in [4.78, 5) is 44.8. The number of carbonyl (C=O) groups excluding carboxylic acids is 3. The molecule has 6 rings (SSSR count). The van der Waals surface area contributed by atoms with Crippen molar-refractivity contribution in [3.63, 3.8) is 0 Å². The number of anilines is 1. The van der Waals surface area contributed by atoms with Crippen molar-refractivity contribution in [2.24, 2.45) is 5.41 Å². The lowest BCUT2D eigenvalue weighted by Crippen LogP contribution is -2.59. The lowest BCUT2D eigenvalue weighted by Gasteiger charge is -2.48. The van der Waals surface area contributed by atoms with Gasteiger partial charge in [0.2, 0.25) is 11.8 Å². The predicted molar refractivity (Wildman–Crippen MR) is 212 cm³/mol. The molecule has 0 radical (unpaired) electrons. The molecule has 2 aromatic carbocycles. The number of nitrogens with zero attached hydrogens (tertiary/aromatic N) is 3. The first kappa shape index (κ1) is 40.9. The molecule has 2 saturated heterocycles. The van der Waals surface area contributed by atoms with Crippen LogP contribution in [0.2, 0.25) is 0 Å². The number of fused-ring (bicyclic) bond motifs is 1. The Morgan fingerprint density at radius 3 is 2.58 bits per heavy atom. The summed E-state index contributed by atoms with van der Waals surface area (Å²) in [5, 5.41) is 16.3. The highest BCUT2D eigenvalue weighted by Crippen LogP contribution is 2.39. The van der Waals surface area contributed by atoms with Crippen LogP contribution >= 0.6 is 0 Å². The molecular formula is C43H63N5O7. The van der Waals surface area contributed by atoms with E-state index in [1.54, 1.807) is 6.07 Å². The number of phenolic OH excluding ortho intramolecular Hbond substituents is 1. The topological polar surface area (TPSA) is 133 Å². The molecule has 55 heavy (non-hydrogen) atoms. The lowest BCUT2D eigenvalue weighted by atomic mass is 9.87. The van der Waals surface area contributed by atoms with Crippen LogP contribution in [0.3, 0.4) is 0 Å². The van der Waals surface area contributed by atoms with Crippen molar-refractivity contribution in [2.75, 3.05) is 77.6 Å². The molecule has 0 unspecified atom stereocenters. The number of nitrogens with one attached hydrogen (secondary N) is 2. The summed E-state index contributed by atoms with van der Waals surface area (Å²) in [5.74, 6) is 0.614. The highest BCUT2D eigenvalue weighted by atomic mass is 16.5. The summed E-state index contributed by atoms with van der Waals surface area (Å²) >= 11 is 0. The van der Waals surface area contributed by atoms with Crippen LogP contribution in [0.1, 0.15) is 88.8 Å². The zero-order valence-electron chi connectivity index (χ0n) is 33.3. The van der Waals surface area contributed by atoms with E-state index in [-0.39, 0.29) is 47.1 Å². The number of likely N-dealkylation sites (tertiary alicyclic amines) is 1. The number of carbonyl (C=O) groups is 3. The Morgan fingerprint density at radius 2 is 1.80 bits per heavy atom. The smallest absolute Gasteiger partial charge is 0.262 e. The molecule has 4 aliphatic rings. The number of phenols is 1. The van der Waals surface area contributed by atoms with Crippen molar-refractivity contribution in [2.45, 2.75) is 103 Å². The van der Waals surface area contributed by atoms with Crippen LogP contribution in [0, 0.1) is 5.41 Å². The van der Waals surface area contributed by atoms with Gasteiger partial charge in [0.15, 0.2) is 12.4 Å². The maximum Gasteiger partial charge on any atom is 0.262 e. The summed E-state index contributed by atoms with van der Waals surface area (Å²) in [6.07, 6.45) is 9.36. The van der Waals surface area contributed by atoms with E-state index in [9.17, 15) is 19.5 Å². The monoisotopic (exact) mass is 761 g/mol. The number of amides is 3. The fraction of sp³-hybridized carbons (Fsp3) is 0.651. The van der Waals surface area contributed by atoms with Crippen molar-refractivity contribution < 1.29 is 33.7 Å². The summed E-state index contributed by atoms with van der Waals surface area (Å²) in [7, 11) is 0. The predicted octanol–water partition coefficient (Wildman–Crippen LogP) is 4.91. The zero-order valence-corrected chi connectivity index (χ0v) is 33.3. The molecule has 1 saturated carbocycles. The molecule has 0 atom stereocenters. The van der Waals surface area contributed by atoms with Gasteiger partial charge in [-0.2, -0.15) is 0 Å². The lowest BCUT2D eigenvalue weighted by molar-refractivity contribution is -0.165. The number of hydrogen-bond acceptors (Lipinski definition) is 9. The minimum absolute atomic E-state index is 0.00248. The van der Waals surface area contributed by atoms with Crippen molar-refractivity contribution in [1.82, 2.24) is 20.0 Å². The van der Waals surface area contributed by atoms with Gasteiger partial charge in [0, 0.05) is 57.3 Å². The second-order valence-corrected chi connectivity index (χ2v) is 16.9. The number of rotatable bonds is 15. The third-order valence-electron chi connectivity index (χ3n) is 11.6. The maximum absolute atomic E-state index is 13.5. The summed E-state index contributed by atoms with van der Waals surface area (Å²) in [6.45, 7) is 13.7. The Hall–Kier alpha value is -3.71. The van der Waals surface area contributed by atoms with Crippen LogP contribution in [-0.2, 0) is 43.2 Å². The minimum Gasteiger partial charge on any atom is -0.506 e. The van der Waals surface area contributed by atoms with Crippen molar-refractivity contribution in [3.8, 4) is 11.5 Å². The van der Waals surface area contributed by atoms with Gasteiger partial charge in [0.1, 0.15) is 11.4 Å². The molecule has 3 N–H and O–H groups in total. The summed E-state index contributed by atoms with van der Waals surface area (Å²) < 4.78 is 18.0. The number of hydrogen-bond donors (Lipinski definition) is 3. The van der Waals surface area contributed by atoms with E-state index in [0.29, 0.717) is 76.8 Å². The van der Waals surface area contributed by atoms with Gasteiger partial charge in [-0.3, -0.25) is 19.3 Å². The zero-order chi connectivity index (χ0) is 38.8. The van der Waals surface area contributed by atoms with Crippen molar-refractivity contribution >= 4 is 23.4 Å². The van der Waals surface area contributed by atoms with Gasteiger partial charge in [-0.25, -0.2) is 0 Å². The Labute approximate surface area is 327 Å². The highest BCUT2D eigenvalue weighted by Gasteiger charge is 2.42. The van der Waals surface area contributed by atoms with E-state index in [0.717, 1.165) is 70.1 Å². The Bertz CT molecular complexity index is 1610. The second-order valence-electron chi connectivity index (χ2n) is 16.9. The first-order valence-corrected chi connectivity index (χ1v) is 20.6. The van der Waals surface area contributed by atoms with Gasteiger partial charge in [-0.1, -0.05) is 70.4 Å². The third-order valence-corrected chi connectivity index (χ3v) is 11.6. The Morgan fingerprint density at radius 1 is 1.02 bits per heavy atom. The number of morpholine rings is 1. The fourth-order valence-electron chi connectivity index (χ4n) is 8.51. The average molecular weight is 762 g/mol. The Balaban J connectivity index is 0.899. The standard InChI is InChI=1S/C43H63N5O7/c1-42(2,3)41(52)47-24-27-55-43(31-47)17-21-46(22-18-43)29-33-9-7-8-32(28-33)15-25-53-26-16-38(51)48(35-10-5-4-6-11-35)23-20-44-19-14-34-12-13-36(49)39-40(34)54-30-37(50)45-39/h7-9,12-13,28,35,44,49H,4-6,10-11,14-27,29-31H2,1-3H3,(H,45,50). The van der Waals surface area contributed by atoms with E-state index < -0.39 is 0 Å². The number of ether oxygens (including phenoxy) is 3. The van der Waals surface area contributed by atoms with Crippen LogP contribution in [0.15, 0.2) is 36.4 Å². The van der Waals surface area contributed by atoms with E-state index in [1.165, 1.54) is 17.5 Å². The van der Waals surface area contributed by atoms with E-state index in [2.05, 4.69) is 44.7 Å². The maximum atomic E-state index is 13.5. The first-order chi connectivity index (χ1) is 26.5. The molecule has 1 aliphatic carbocycles. The van der Waals surface area contributed by atoms with Gasteiger partial charge in [-0.15, -0.1) is 0 Å². The van der Waals surface area contributed by atoms with Crippen LogP contribution in [0.25, 0.3) is 0 Å². The number of benzene rings is 2. The van der Waals surface area contributed by atoms with Gasteiger partial charge < -0.3 is 39.8 Å². The van der Waals surface area contributed by atoms with Gasteiger partial charge >= 0.3 is 0 Å². The molecule has 3 heterocycles. The molecule has 12 heteroatoms. The van der Waals surface area contributed by atoms with Crippen LogP contribution in [0.4, 0.5) is 5.69 Å². The number of aromatic hydroxyl groups is 1. The molecule has 12 nitrogen and oxygen atoms in total. The molecule has 302 valence electrons. The minimum atomic E-state index is -0.374. The molecule has 3 aliphatic heterocycles. The SMILES string of the molecule is CC(C)(C)C(=O)N1CCOC2(CCN(Cc3cccc(CCOCCC(=O)N(CCNCCc4ccc(O)c5c4OCC(=O)N5)C4CCCCC4)c3)CC2)C1. The van der Waals surface area contributed by atoms with Gasteiger partial charge in [0.25, 0.3) is 5.91 Å².